The average molecular weight is 254 g/mol. The molecule has 0 aliphatic carbocycles. The number of halogens is 1. The number of ether oxygens (including phenoxy) is 1. The third kappa shape index (κ3) is 3.77. The van der Waals surface area contributed by atoms with E-state index in [4.69, 9.17) is 10.6 Å². The van der Waals surface area contributed by atoms with E-state index in [1.54, 1.807) is 12.1 Å². The number of hydrogen-bond donors (Lipinski definition) is 2. The third-order valence-corrected chi connectivity index (χ3v) is 3.26. The Hall–Kier alpha value is -0.970. The van der Waals surface area contributed by atoms with Crippen LogP contribution in [-0.2, 0) is 10.2 Å². The minimum atomic E-state index is -0.239. The van der Waals surface area contributed by atoms with Gasteiger partial charge in [0.2, 0.25) is 0 Å². The minimum Gasteiger partial charge on any atom is -0.377 e. The predicted molar refractivity (Wildman–Crippen MR) is 71.6 cm³/mol. The summed E-state index contributed by atoms with van der Waals surface area (Å²) in [5.74, 6) is 5.38. The molecule has 0 fully saturated rings. The molecule has 0 amide bonds. The van der Waals surface area contributed by atoms with Crippen molar-refractivity contribution in [1.29, 1.82) is 0 Å². The van der Waals surface area contributed by atoms with Gasteiger partial charge in [-0.05, 0) is 31.5 Å². The van der Waals surface area contributed by atoms with Crippen molar-refractivity contribution in [3.63, 3.8) is 0 Å². The molecule has 0 aliphatic rings. The minimum absolute atomic E-state index is 0.0367. The molecule has 3 N–H and O–H groups in total. The zero-order valence-corrected chi connectivity index (χ0v) is 11.5. The number of nitrogens with one attached hydrogen (secondary N) is 1. The van der Waals surface area contributed by atoms with Crippen LogP contribution in [0, 0.1) is 5.82 Å². The SMILES string of the molecule is CC(C)OCC(NN)C(C)(C)c1ccc(F)cc1. The van der Waals surface area contributed by atoms with Gasteiger partial charge in [0.1, 0.15) is 5.82 Å². The summed E-state index contributed by atoms with van der Waals surface area (Å²) in [5.41, 5.74) is 3.58. The number of rotatable bonds is 6. The second-order valence-corrected chi connectivity index (χ2v) is 5.33. The molecule has 0 aliphatic heterocycles. The molecule has 1 rings (SSSR count). The van der Waals surface area contributed by atoms with Gasteiger partial charge in [-0.15, -0.1) is 0 Å². The Kier molecular flexibility index (Phi) is 5.26. The van der Waals surface area contributed by atoms with Gasteiger partial charge in [-0.25, -0.2) is 4.39 Å². The maximum Gasteiger partial charge on any atom is 0.123 e. The van der Waals surface area contributed by atoms with Gasteiger partial charge in [-0.3, -0.25) is 11.3 Å². The van der Waals surface area contributed by atoms with Gasteiger partial charge in [-0.1, -0.05) is 26.0 Å². The smallest absolute Gasteiger partial charge is 0.123 e. The van der Waals surface area contributed by atoms with Crippen LogP contribution in [0.4, 0.5) is 4.39 Å². The third-order valence-electron chi connectivity index (χ3n) is 3.26. The molecule has 1 aromatic carbocycles. The zero-order chi connectivity index (χ0) is 13.8. The molecule has 0 radical (unpaired) electrons. The van der Waals surface area contributed by atoms with Gasteiger partial charge >= 0.3 is 0 Å². The van der Waals surface area contributed by atoms with E-state index in [-0.39, 0.29) is 23.4 Å². The largest absolute Gasteiger partial charge is 0.377 e. The number of benzene rings is 1. The molecule has 0 spiro atoms. The summed E-state index contributed by atoms with van der Waals surface area (Å²) in [5, 5.41) is 0. The summed E-state index contributed by atoms with van der Waals surface area (Å²) in [6.45, 7) is 8.61. The van der Waals surface area contributed by atoms with Crippen LogP contribution in [-0.4, -0.2) is 18.8 Å². The van der Waals surface area contributed by atoms with Crippen LogP contribution in [0.5, 0.6) is 0 Å². The number of hydrogen-bond acceptors (Lipinski definition) is 3. The summed E-state index contributed by atoms with van der Waals surface area (Å²) in [6.07, 6.45) is 0.157. The molecule has 3 nitrogen and oxygen atoms in total. The lowest BCUT2D eigenvalue weighted by atomic mass is 9.78. The molecule has 0 saturated carbocycles. The highest BCUT2D eigenvalue weighted by atomic mass is 19.1. The van der Waals surface area contributed by atoms with Crippen molar-refractivity contribution in [3.05, 3.63) is 35.6 Å². The summed E-state index contributed by atoms with van der Waals surface area (Å²) in [7, 11) is 0. The molecule has 1 unspecified atom stereocenters. The van der Waals surface area contributed by atoms with Gasteiger partial charge in [0.25, 0.3) is 0 Å². The lowest BCUT2D eigenvalue weighted by Gasteiger charge is -2.34. The first-order valence-corrected chi connectivity index (χ1v) is 6.21. The lowest BCUT2D eigenvalue weighted by Crippen LogP contribution is -2.51. The Bertz CT molecular complexity index is 363. The molecule has 0 aromatic heterocycles. The Balaban J connectivity index is 2.84. The maximum absolute atomic E-state index is 12.9. The van der Waals surface area contributed by atoms with E-state index in [1.165, 1.54) is 12.1 Å². The highest BCUT2D eigenvalue weighted by Crippen LogP contribution is 2.27. The summed E-state index contributed by atoms with van der Waals surface area (Å²) in [6, 6.07) is 6.47. The molecule has 0 bridgehead atoms. The van der Waals surface area contributed by atoms with Crippen molar-refractivity contribution in [2.24, 2.45) is 5.84 Å². The molecular formula is C14H23FN2O. The molecule has 18 heavy (non-hydrogen) atoms. The molecule has 4 heteroatoms. The summed E-state index contributed by atoms with van der Waals surface area (Å²) >= 11 is 0. The quantitative estimate of drug-likeness (QED) is 0.605. The van der Waals surface area contributed by atoms with E-state index in [1.807, 2.05) is 13.8 Å². The fourth-order valence-electron chi connectivity index (χ4n) is 1.83. The van der Waals surface area contributed by atoms with Gasteiger partial charge in [0, 0.05) is 5.41 Å². The fourth-order valence-corrected chi connectivity index (χ4v) is 1.83. The number of nitrogens with two attached hydrogens (primary N) is 1. The lowest BCUT2D eigenvalue weighted by molar-refractivity contribution is 0.0461. The highest BCUT2D eigenvalue weighted by molar-refractivity contribution is 5.26. The zero-order valence-electron chi connectivity index (χ0n) is 11.5. The normalized spacial score (nSPS) is 13.9. The van der Waals surface area contributed by atoms with E-state index < -0.39 is 0 Å². The second-order valence-electron chi connectivity index (χ2n) is 5.33. The Morgan fingerprint density at radius 2 is 1.83 bits per heavy atom. The average Bonchev–Trinajstić information content (AvgIpc) is 2.29. The van der Waals surface area contributed by atoms with Crippen LogP contribution >= 0.6 is 0 Å². The Morgan fingerprint density at radius 3 is 2.28 bits per heavy atom. The Labute approximate surface area is 108 Å². The van der Waals surface area contributed by atoms with Crippen molar-refractivity contribution in [1.82, 2.24) is 5.43 Å². The molecule has 1 atom stereocenters. The predicted octanol–water partition coefficient (Wildman–Crippen LogP) is 2.36. The van der Waals surface area contributed by atoms with E-state index in [0.29, 0.717) is 6.61 Å². The van der Waals surface area contributed by atoms with Crippen LogP contribution in [0.15, 0.2) is 24.3 Å². The van der Waals surface area contributed by atoms with Gasteiger partial charge < -0.3 is 4.74 Å². The van der Waals surface area contributed by atoms with Crippen LogP contribution in [0.25, 0.3) is 0 Å². The van der Waals surface area contributed by atoms with E-state index in [9.17, 15) is 4.39 Å². The topological polar surface area (TPSA) is 47.3 Å². The van der Waals surface area contributed by atoms with Gasteiger partial charge in [0.05, 0.1) is 18.8 Å². The van der Waals surface area contributed by atoms with Crippen LogP contribution in [0.2, 0.25) is 0 Å². The molecular weight excluding hydrogens is 231 g/mol. The monoisotopic (exact) mass is 254 g/mol. The van der Waals surface area contributed by atoms with Crippen molar-refractivity contribution in [2.75, 3.05) is 6.61 Å². The first kappa shape index (κ1) is 15.1. The van der Waals surface area contributed by atoms with Crippen molar-refractivity contribution in [3.8, 4) is 0 Å². The Morgan fingerprint density at radius 1 is 1.28 bits per heavy atom. The summed E-state index contributed by atoms with van der Waals surface area (Å²) < 4.78 is 18.6. The first-order valence-electron chi connectivity index (χ1n) is 6.21. The summed E-state index contributed by atoms with van der Waals surface area (Å²) in [4.78, 5) is 0. The van der Waals surface area contributed by atoms with Crippen molar-refractivity contribution < 1.29 is 9.13 Å². The maximum atomic E-state index is 12.9. The van der Waals surface area contributed by atoms with Gasteiger partial charge in [-0.2, -0.15) is 0 Å². The van der Waals surface area contributed by atoms with E-state index in [0.717, 1.165) is 5.56 Å². The molecule has 1 aromatic rings. The first-order chi connectivity index (χ1) is 8.37. The van der Waals surface area contributed by atoms with Gasteiger partial charge in [0.15, 0.2) is 0 Å². The molecule has 102 valence electrons. The standard InChI is InChI=1S/C14H23FN2O/c1-10(2)18-9-13(17-16)14(3,4)11-5-7-12(15)8-6-11/h5-8,10,13,17H,9,16H2,1-4H3. The van der Waals surface area contributed by atoms with Crippen molar-refractivity contribution >= 4 is 0 Å². The van der Waals surface area contributed by atoms with Crippen LogP contribution in [0.1, 0.15) is 33.3 Å². The van der Waals surface area contributed by atoms with E-state index >= 15 is 0 Å². The second kappa shape index (κ2) is 6.27. The van der Waals surface area contributed by atoms with E-state index in [2.05, 4.69) is 19.3 Å². The highest BCUT2D eigenvalue weighted by Gasteiger charge is 2.31. The van der Waals surface area contributed by atoms with Crippen molar-refractivity contribution in [2.45, 2.75) is 45.3 Å². The number of hydrazine groups is 1. The van der Waals surface area contributed by atoms with Crippen LogP contribution < -0.4 is 11.3 Å². The molecule has 0 saturated heterocycles. The van der Waals surface area contributed by atoms with Crippen LogP contribution in [0.3, 0.4) is 0 Å². The fraction of sp³-hybridized carbons (Fsp3) is 0.571. The molecule has 0 heterocycles.